The van der Waals surface area contributed by atoms with Gasteiger partial charge in [0.05, 0.1) is 0 Å². The molecule has 146 valence electrons. The molecule has 0 unspecified atom stereocenters. The summed E-state index contributed by atoms with van der Waals surface area (Å²) in [6, 6.07) is 8.91. The summed E-state index contributed by atoms with van der Waals surface area (Å²) in [6.07, 6.45) is 7.38. The second kappa shape index (κ2) is 8.59. The van der Waals surface area contributed by atoms with E-state index in [1.54, 1.807) is 0 Å². The van der Waals surface area contributed by atoms with Crippen LogP contribution in [0.25, 0.3) is 0 Å². The molecule has 1 aliphatic rings. The van der Waals surface area contributed by atoms with Gasteiger partial charge < -0.3 is 14.4 Å². The maximum Gasteiger partial charge on any atom is 0.222 e. The molecule has 5 heteroatoms. The number of aryl methyl sites for hydroxylation is 1. The predicted molar refractivity (Wildman–Crippen MR) is 110 cm³/mol. The number of anilines is 1. The number of rotatable bonds is 6. The van der Waals surface area contributed by atoms with Crippen LogP contribution in [0.5, 0.6) is 0 Å². The molecule has 1 aliphatic heterocycles. The summed E-state index contributed by atoms with van der Waals surface area (Å²) in [5, 5.41) is 0. The van der Waals surface area contributed by atoms with Gasteiger partial charge in [-0.3, -0.25) is 4.79 Å². The van der Waals surface area contributed by atoms with E-state index in [4.69, 9.17) is 0 Å². The van der Waals surface area contributed by atoms with E-state index >= 15 is 0 Å². The van der Waals surface area contributed by atoms with Gasteiger partial charge >= 0.3 is 0 Å². The molecule has 2 heterocycles. The van der Waals surface area contributed by atoms with Gasteiger partial charge in [0.2, 0.25) is 5.91 Å². The predicted octanol–water partition coefficient (Wildman–Crippen LogP) is 3.87. The molecule has 2 aromatic rings. The molecule has 1 saturated heterocycles. The molecule has 3 rings (SSSR count). The molecular formula is C22H32N4O. The number of carbonyl (C=O) groups excluding carboxylic acids is 1. The lowest BCUT2D eigenvalue weighted by Crippen LogP contribution is -2.38. The average Bonchev–Trinajstić information content (AvgIpc) is 3.17. The second-order valence-corrected chi connectivity index (χ2v) is 8.00. The molecule has 1 aromatic carbocycles. The number of likely N-dealkylation sites (tertiary alicyclic amines) is 1. The highest BCUT2D eigenvalue weighted by atomic mass is 16.2. The second-order valence-electron chi connectivity index (χ2n) is 8.00. The fourth-order valence-electron chi connectivity index (χ4n) is 3.83. The Morgan fingerprint density at radius 3 is 2.44 bits per heavy atom. The SMILES string of the molecule is CC(C)n1ccnc1C1CCN(C(=O)CCc2ccc(N(C)C)cc2)CC1. The maximum atomic E-state index is 12.6. The molecule has 0 atom stereocenters. The Kier molecular flexibility index (Phi) is 6.19. The smallest absolute Gasteiger partial charge is 0.222 e. The largest absolute Gasteiger partial charge is 0.378 e. The first-order valence-electron chi connectivity index (χ1n) is 10.0. The van der Waals surface area contributed by atoms with Crippen LogP contribution in [0.2, 0.25) is 0 Å². The Bertz CT molecular complexity index is 740. The van der Waals surface area contributed by atoms with Gasteiger partial charge in [-0.15, -0.1) is 0 Å². The lowest BCUT2D eigenvalue weighted by molar-refractivity contribution is -0.132. The van der Waals surface area contributed by atoms with Gasteiger partial charge in [-0.25, -0.2) is 4.98 Å². The molecule has 1 aromatic heterocycles. The number of carbonyl (C=O) groups is 1. The van der Waals surface area contributed by atoms with Crippen molar-refractivity contribution in [3.63, 3.8) is 0 Å². The molecule has 0 N–H and O–H groups in total. The van der Waals surface area contributed by atoms with Crippen molar-refractivity contribution < 1.29 is 4.79 Å². The van der Waals surface area contributed by atoms with Crippen LogP contribution in [-0.4, -0.2) is 47.5 Å². The van der Waals surface area contributed by atoms with E-state index in [9.17, 15) is 4.79 Å². The summed E-state index contributed by atoms with van der Waals surface area (Å²) < 4.78 is 2.26. The third-order valence-corrected chi connectivity index (χ3v) is 5.55. The van der Waals surface area contributed by atoms with Crippen molar-refractivity contribution >= 4 is 11.6 Å². The third kappa shape index (κ3) is 4.71. The Morgan fingerprint density at radius 2 is 1.85 bits per heavy atom. The van der Waals surface area contributed by atoms with Crippen molar-refractivity contribution in [1.29, 1.82) is 0 Å². The van der Waals surface area contributed by atoms with Gasteiger partial charge in [0, 0.05) is 63.6 Å². The Hall–Kier alpha value is -2.30. The van der Waals surface area contributed by atoms with Crippen molar-refractivity contribution in [2.75, 3.05) is 32.1 Å². The number of amides is 1. The number of imidazole rings is 1. The summed E-state index contributed by atoms with van der Waals surface area (Å²) in [4.78, 5) is 21.3. The molecule has 0 saturated carbocycles. The molecule has 5 nitrogen and oxygen atoms in total. The van der Waals surface area contributed by atoms with Gasteiger partial charge in [0.1, 0.15) is 5.82 Å². The number of piperidine rings is 1. The van der Waals surface area contributed by atoms with Crippen molar-refractivity contribution in [1.82, 2.24) is 14.5 Å². The fourth-order valence-corrected chi connectivity index (χ4v) is 3.83. The molecule has 27 heavy (non-hydrogen) atoms. The minimum Gasteiger partial charge on any atom is -0.378 e. The van der Waals surface area contributed by atoms with E-state index < -0.39 is 0 Å². The van der Waals surface area contributed by atoms with E-state index in [0.717, 1.165) is 32.4 Å². The zero-order chi connectivity index (χ0) is 19.4. The molecule has 1 fully saturated rings. The lowest BCUT2D eigenvalue weighted by Gasteiger charge is -2.32. The van der Waals surface area contributed by atoms with Crippen molar-refractivity contribution in [2.24, 2.45) is 0 Å². The summed E-state index contributed by atoms with van der Waals surface area (Å²) in [7, 11) is 4.07. The van der Waals surface area contributed by atoms with Gasteiger partial charge in [0.25, 0.3) is 0 Å². The quantitative estimate of drug-likeness (QED) is 0.777. The minimum absolute atomic E-state index is 0.275. The summed E-state index contributed by atoms with van der Waals surface area (Å²) in [6.45, 7) is 6.06. The topological polar surface area (TPSA) is 41.4 Å². The van der Waals surface area contributed by atoms with Crippen LogP contribution in [0.1, 0.15) is 56.5 Å². The molecule has 0 aliphatic carbocycles. The normalized spacial score (nSPS) is 15.4. The first-order chi connectivity index (χ1) is 13.0. The zero-order valence-corrected chi connectivity index (χ0v) is 17.1. The standard InChI is InChI=1S/C22H32N4O/c1-17(2)26-16-13-23-22(26)19-11-14-25(15-12-19)21(27)10-7-18-5-8-20(9-6-18)24(3)4/h5-6,8-9,13,16-17,19H,7,10-12,14-15H2,1-4H3. The molecular weight excluding hydrogens is 336 g/mol. The third-order valence-electron chi connectivity index (χ3n) is 5.55. The monoisotopic (exact) mass is 368 g/mol. The first-order valence-corrected chi connectivity index (χ1v) is 10.0. The Morgan fingerprint density at radius 1 is 1.19 bits per heavy atom. The van der Waals surface area contributed by atoms with Gasteiger partial charge in [-0.2, -0.15) is 0 Å². The van der Waals surface area contributed by atoms with Crippen molar-refractivity contribution in [3.05, 3.63) is 48.0 Å². The van der Waals surface area contributed by atoms with Crippen LogP contribution in [0, 0.1) is 0 Å². The van der Waals surface area contributed by atoms with Gasteiger partial charge in [-0.05, 0) is 50.8 Å². The summed E-state index contributed by atoms with van der Waals surface area (Å²) in [5.41, 5.74) is 2.41. The van der Waals surface area contributed by atoms with Crippen LogP contribution >= 0.6 is 0 Å². The van der Waals surface area contributed by atoms with Crippen LogP contribution in [-0.2, 0) is 11.2 Å². The highest BCUT2D eigenvalue weighted by Gasteiger charge is 2.26. The average molecular weight is 369 g/mol. The van der Waals surface area contributed by atoms with Gasteiger partial charge in [-0.1, -0.05) is 12.1 Å². The number of benzene rings is 1. The summed E-state index contributed by atoms with van der Waals surface area (Å²) >= 11 is 0. The Balaban J connectivity index is 1.49. The first kappa shape index (κ1) is 19.5. The highest BCUT2D eigenvalue weighted by molar-refractivity contribution is 5.76. The number of nitrogens with zero attached hydrogens (tertiary/aromatic N) is 4. The van der Waals surface area contributed by atoms with E-state index in [1.807, 2.05) is 25.2 Å². The lowest BCUT2D eigenvalue weighted by atomic mass is 9.95. The van der Waals surface area contributed by atoms with Crippen LogP contribution in [0.15, 0.2) is 36.7 Å². The van der Waals surface area contributed by atoms with Crippen LogP contribution in [0.3, 0.4) is 0 Å². The van der Waals surface area contributed by atoms with E-state index in [0.29, 0.717) is 18.4 Å². The highest BCUT2D eigenvalue weighted by Crippen LogP contribution is 2.28. The van der Waals surface area contributed by atoms with Crippen LogP contribution in [0.4, 0.5) is 5.69 Å². The minimum atomic E-state index is 0.275. The van der Waals surface area contributed by atoms with Gasteiger partial charge in [0.15, 0.2) is 0 Å². The fraction of sp³-hybridized carbons (Fsp3) is 0.545. The molecule has 0 bridgehead atoms. The summed E-state index contributed by atoms with van der Waals surface area (Å²) in [5.74, 6) is 1.92. The molecule has 0 radical (unpaired) electrons. The number of aromatic nitrogens is 2. The van der Waals surface area contributed by atoms with Crippen LogP contribution < -0.4 is 4.90 Å². The van der Waals surface area contributed by atoms with E-state index in [1.165, 1.54) is 17.1 Å². The van der Waals surface area contributed by atoms with Crippen molar-refractivity contribution in [3.8, 4) is 0 Å². The zero-order valence-electron chi connectivity index (χ0n) is 17.1. The number of hydrogen-bond donors (Lipinski definition) is 0. The maximum absolute atomic E-state index is 12.6. The van der Waals surface area contributed by atoms with E-state index in [-0.39, 0.29) is 5.91 Å². The van der Waals surface area contributed by atoms with Crippen molar-refractivity contribution in [2.45, 2.75) is 51.5 Å². The van der Waals surface area contributed by atoms with E-state index in [2.05, 4.69) is 58.8 Å². The molecule has 0 spiro atoms. The number of hydrogen-bond acceptors (Lipinski definition) is 3. The Labute approximate surface area is 163 Å². The molecule has 1 amide bonds.